The van der Waals surface area contributed by atoms with Crippen LogP contribution in [0.2, 0.25) is 0 Å². The molecule has 0 amide bonds. The Morgan fingerprint density at radius 2 is 2.11 bits per heavy atom. The molecule has 0 saturated heterocycles. The average molecular weight is 255 g/mol. The second-order valence-electron chi connectivity index (χ2n) is 4.01. The predicted octanol–water partition coefficient (Wildman–Crippen LogP) is 4.29. The van der Waals surface area contributed by atoms with E-state index in [1.165, 1.54) is 11.1 Å². The van der Waals surface area contributed by atoms with E-state index in [1.54, 1.807) is 0 Å². The molecule has 0 fully saturated rings. The minimum atomic E-state index is 0. The van der Waals surface area contributed by atoms with E-state index in [0.717, 1.165) is 17.3 Å². The fraction of sp³-hybridized carbons (Fsp3) is 0.250. The summed E-state index contributed by atoms with van der Waals surface area (Å²) in [5, 5.41) is 4.02. The fourth-order valence-electron chi connectivity index (χ4n) is 2.00. The van der Waals surface area contributed by atoms with Gasteiger partial charge in [-0.1, -0.05) is 44.2 Å². The highest BCUT2D eigenvalue weighted by atomic mass is 15.1. The lowest BCUT2D eigenvalue weighted by Crippen LogP contribution is -1.95. The minimum Gasteiger partial charge on any atom is -0.357 e. The summed E-state index contributed by atoms with van der Waals surface area (Å²) in [4.78, 5) is 8.65. The molecule has 1 N–H and O–H groups in total. The van der Waals surface area contributed by atoms with E-state index >= 15 is 0 Å². The first-order chi connectivity index (χ1) is 9.36. The van der Waals surface area contributed by atoms with E-state index in [9.17, 15) is 0 Å². The Morgan fingerprint density at radius 1 is 1.26 bits per heavy atom. The number of nitrogens with one attached hydrogen (secondary N) is 1. The first-order valence-corrected chi connectivity index (χ1v) is 6.68. The monoisotopic (exact) mass is 255 g/mol. The number of hydrogen-bond acceptors (Lipinski definition) is 3. The average Bonchev–Trinajstić information content (AvgIpc) is 3.02. The highest BCUT2D eigenvalue weighted by molar-refractivity contribution is 5.86. The molecule has 3 heteroatoms. The minimum absolute atomic E-state index is 0. The number of hydrogen-bond donors (Lipinski definition) is 1. The van der Waals surface area contributed by atoms with Crippen LogP contribution >= 0.6 is 0 Å². The number of fused-ring (bicyclic) bond motifs is 1. The van der Waals surface area contributed by atoms with Crippen LogP contribution < -0.4 is 5.32 Å². The van der Waals surface area contributed by atoms with Crippen molar-refractivity contribution in [2.45, 2.75) is 20.3 Å². The molecule has 0 saturated carbocycles. The van der Waals surface area contributed by atoms with E-state index in [4.69, 9.17) is 0 Å². The molecule has 0 radical (unpaired) electrons. The summed E-state index contributed by atoms with van der Waals surface area (Å²) in [6, 6.07) is 6.29. The van der Waals surface area contributed by atoms with Gasteiger partial charge in [0, 0.05) is 20.1 Å². The van der Waals surface area contributed by atoms with Crippen LogP contribution in [0.15, 0.2) is 42.6 Å². The van der Waals surface area contributed by atoms with Gasteiger partial charge in [-0.2, -0.15) is 0 Å². The summed E-state index contributed by atoms with van der Waals surface area (Å²) in [5.74, 6) is 0.658. The third kappa shape index (κ3) is 2.81. The maximum absolute atomic E-state index is 4.45. The van der Waals surface area contributed by atoms with Gasteiger partial charge < -0.3 is 5.32 Å². The van der Waals surface area contributed by atoms with Gasteiger partial charge in [0.1, 0.15) is 0 Å². The molecule has 1 heterocycles. The van der Waals surface area contributed by atoms with Crippen molar-refractivity contribution in [2.24, 2.45) is 0 Å². The molecule has 0 spiro atoms. The van der Waals surface area contributed by atoms with E-state index in [0.29, 0.717) is 5.95 Å². The quantitative estimate of drug-likeness (QED) is 0.870. The van der Waals surface area contributed by atoms with Crippen LogP contribution in [0.1, 0.15) is 27.3 Å². The van der Waals surface area contributed by atoms with Gasteiger partial charge in [-0.15, -0.1) is 0 Å². The third-order valence-corrected chi connectivity index (χ3v) is 2.91. The van der Waals surface area contributed by atoms with Gasteiger partial charge in [-0.3, -0.25) is 0 Å². The molecule has 3 nitrogen and oxygen atoms in total. The summed E-state index contributed by atoms with van der Waals surface area (Å²) in [6.07, 6.45) is 9.41. The smallest absolute Gasteiger partial charge is 0.222 e. The second-order valence-corrected chi connectivity index (χ2v) is 4.01. The lowest BCUT2D eigenvalue weighted by molar-refractivity contribution is 1.19. The van der Waals surface area contributed by atoms with Crippen molar-refractivity contribution in [1.82, 2.24) is 9.97 Å². The largest absolute Gasteiger partial charge is 0.357 e. The van der Waals surface area contributed by atoms with Crippen molar-refractivity contribution in [3.8, 4) is 0 Å². The zero-order chi connectivity index (χ0) is 13.7. The van der Waals surface area contributed by atoms with Gasteiger partial charge in [0.2, 0.25) is 5.95 Å². The lowest BCUT2D eigenvalue weighted by atomic mass is 10.1. The topological polar surface area (TPSA) is 37.8 Å². The van der Waals surface area contributed by atoms with Gasteiger partial charge in [-0.25, -0.2) is 9.97 Å². The molecule has 100 valence electrons. The van der Waals surface area contributed by atoms with E-state index in [1.807, 2.05) is 27.1 Å². The van der Waals surface area contributed by atoms with Crippen LogP contribution in [0.3, 0.4) is 0 Å². The van der Waals surface area contributed by atoms with E-state index in [-0.39, 0.29) is 1.43 Å². The normalized spacial score (nSPS) is 12.9. The van der Waals surface area contributed by atoms with Crippen molar-refractivity contribution < 1.29 is 1.43 Å². The predicted molar refractivity (Wildman–Crippen MR) is 84.3 cm³/mol. The molecule has 19 heavy (non-hydrogen) atoms. The molecular weight excluding hydrogens is 234 g/mol. The van der Waals surface area contributed by atoms with E-state index in [2.05, 4.69) is 51.7 Å². The van der Waals surface area contributed by atoms with E-state index < -0.39 is 0 Å². The summed E-state index contributed by atoms with van der Waals surface area (Å²) >= 11 is 0. The molecule has 0 aliphatic heterocycles. The SMILES string of the molecule is CC.CNc1ncc2ccc(C3=CCC=C3)cc2n1.[HH]. The summed E-state index contributed by atoms with van der Waals surface area (Å²) in [5.41, 5.74) is 3.46. The maximum Gasteiger partial charge on any atom is 0.222 e. The molecule has 1 aromatic carbocycles. The highest BCUT2D eigenvalue weighted by Crippen LogP contribution is 2.24. The van der Waals surface area contributed by atoms with Crippen LogP contribution in [0, 0.1) is 0 Å². The molecular formula is C16H21N3. The fourth-order valence-corrected chi connectivity index (χ4v) is 2.00. The Morgan fingerprint density at radius 3 is 2.79 bits per heavy atom. The van der Waals surface area contributed by atoms with Crippen LogP contribution in [-0.4, -0.2) is 17.0 Å². The van der Waals surface area contributed by atoms with Gasteiger partial charge in [-0.05, 0) is 23.6 Å². The van der Waals surface area contributed by atoms with Gasteiger partial charge in [0.05, 0.1) is 5.52 Å². The van der Waals surface area contributed by atoms with Crippen LogP contribution in [0.25, 0.3) is 16.5 Å². The van der Waals surface area contributed by atoms with Crippen molar-refractivity contribution in [3.63, 3.8) is 0 Å². The number of nitrogens with zero attached hydrogens (tertiary/aromatic N) is 2. The van der Waals surface area contributed by atoms with Gasteiger partial charge in [0.25, 0.3) is 0 Å². The van der Waals surface area contributed by atoms with Crippen LogP contribution in [-0.2, 0) is 0 Å². The van der Waals surface area contributed by atoms with Crippen molar-refractivity contribution >= 4 is 22.4 Å². The van der Waals surface area contributed by atoms with Crippen molar-refractivity contribution in [2.75, 3.05) is 12.4 Å². The summed E-state index contributed by atoms with van der Waals surface area (Å²) < 4.78 is 0. The van der Waals surface area contributed by atoms with Gasteiger partial charge >= 0.3 is 0 Å². The summed E-state index contributed by atoms with van der Waals surface area (Å²) in [7, 11) is 1.83. The van der Waals surface area contributed by atoms with Crippen molar-refractivity contribution in [1.29, 1.82) is 0 Å². The molecule has 3 rings (SSSR count). The zero-order valence-corrected chi connectivity index (χ0v) is 11.6. The number of anilines is 1. The zero-order valence-electron chi connectivity index (χ0n) is 11.6. The molecule has 0 bridgehead atoms. The molecule has 0 unspecified atom stereocenters. The number of rotatable bonds is 2. The second kappa shape index (κ2) is 6.14. The Labute approximate surface area is 115 Å². The molecule has 1 aromatic heterocycles. The molecule has 0 atom stereocenters. The first-order valence-electron chi connectivity index (χ1n) is 6.68. The molecule has 2 aromatic rings. The highest BCUT2D eigenvalue weighted by Gasteiger charge is 2.04. The lowest BCUT2D eigenvalue weighted by Gasteiger charge is -2.04. The Hall–Kier alpha value is -2.16. The number of benzene rings is 1. The Kier molecular flexibility index (Phi) is 4.29. The third-order valence-electron chi connectivity index (χ3n) is 2.91. The summed E-state index contributed by atoms with van der Waals surface area (Å²) in [6.45, 7) is 4.00. The Bertz CT molecular complexity index is 633. The number of aromatic nitrogens is 2. The molecule has 1 aliphatic carbocycles. The molecule has 1 aliphatic rings. The number of allylic oxidation sites excluding steroid dienone is 4. The standard InChI is InChI=1S/C14H13N3.C2H6.H2/c1-15-14-16-9-12-7-6-11(8-13(12)17-14)10-4-2-3-5-10;1-2;/h2,4-9H,3H2,1H3,(H,15,16,17);1-2H3;1H. The van der Waals surface area contributed by atoms with Gasteiger partial charge in [0.15, 0.2) is 0 Å². The van der Waals surface area contributed by atoms with Crippen LogP contribution in [0.5, 0.6) is 0 Å². The van der Waals surface area contributed by atoms with Crippen LogP contribution in [0.4, 0.5) is 5.95 Å². The first kappa shape index (κ1) is 13.3. The van der Waals surface area contributed by atoms with Crippen molar-refractivity contribution in [3.05, 3.63) is 48.2 Å². The maximum atomic E-state index is 4.45. The Balaban J connectivity index is 0.000000639.